The third kappa shape index (κ3) is 4.69. The predicted octanol–water partition coefficient (Wildman–Crippen LogP) is 5.39. The van der Waals surface area contributed by atoms with Gasteiger partial charge in [0.05, 0.1) is 0 Å². The van der Waals surface area contributed by atoms with Gasteiger partial charge in [-0.3, -0.25) is 4.98 Å². The van der Waals surface area contributed by atoms with E-state index in [1.807, 2.05) is 18.3 Å². The van der Waals surface area contributed by atoms with Crippen molar-refractivity contribution in [3.8, 4) is 0 Å². The highest BCUT2D eigenvalue weighted by atomic mass is 16.2. The second-order valence-corrected chi connectivity index (χ2v) is 9.88. The average molecular weight is 384 g/mol. The number of rotatable bonds is 9. The zero-order chi connectivity index (χ0) is 19.4. The molecular formula is C24H37N3O. The number of urea groups is 1. The van der Waals surface area contributed by atoms with Gasteiger partial charge in [0.25, 0.3) is 0 Å². The van der Waals surface area contributed by atoms with Gasteiger partial charge in [0.1, 0.15) is 0 Å². The van der Waals surface area contributed by atoms with Crippen molar-refractivity contribution >= 4 is 6.03 Å². The highest BCUT2D eigenvalue weighted by Crippen LogP contribution is 2.61. The van der Waals surface area contributed by atoms with E-state index in [1.54, 1.807) is 6.20 Å². The largest absolute Gasteiger partial charge is 0.334 e. The van der Waals surface area contributed by atoms with Gasteiger partial charge in [-0.1, -0.05) is 25.8 Å². The zero-order valence-corrected chi connectivity index (χ0v) is 17.5. The average Bonchev–Trinajstić information content (AvgIpc) is 2.68. The van der Waals surface area contributed by atoms with Crippen molar-refractivity contribution in [2.45, 2.75) is 77.7 Å². The third-order valence-corrected chi connectivity index (χ3v) is 7.56. The maximum absolute atomic E-state index is 12.9. The fraction of sp³-hybridized carbons (Fsp3) is 0.750. The molecule has 1 heterocycles. The lowest BCUT2D eigenvalue weighted by molar-refractivity contribution is -0.0596. The van der Waals surface area contributed by atoms with E-state index in [2.05, 4.69) is 22.1 Å². The molecule has 4 aliphatic carbocycles. The van der Waals surface area contributed by atoms with Gasteiger partial charge in [-0.2, -0.15) is 0 Å². The van der Waals surface area contributed by atoms with Gasteiger partial charge in [0.2, 0.25) is 0 Å². The third-order valence-electron chi connectivity index (χ3n) is 7.56. The molecule has 2 amide bonds. The number of hydrogen-bond donors (Lipinski definition) is 1. The summed E-state index contributed by atoms with van der Waals surface area (Å²) in [5.41, 5.74) is 1.60. The van der Waals surface area contributed by atoms with Crippen LogP contribution in [0.2, 0.25) is 0 Å². The Kier molecular flexibility index (Phi) is 6.22. The van der Waals surface area contributed by atoms with Gasteiger partial charge in [-0.25, -0.2) is 4.79 Å². The molecule has 0 aliphatic heterocycles. The normalized spacial score (nSPS) is 30.4. The monoisotopic (exact) mass is 383 g/mol. The van der Waals surface area contributed by atoms with Gasteiger partial charge in [0.15, 0.2) is 0 Å². The maximum atomic E-state index is 12.9. The summed E-state index contributed by atoms with van der Waals surface area (Å²) in [6.07, 6.45) is 17.1. The van der Waals surface area contributed by atoms with Gasteiger partial charge < -0.3 is 10.2 Å². The summed E-state index contributed by atoms with van der Waals surface area (Å²) in [6.45, 7) is 4.60. The Morgan fingerprint density at radius 2 is 1.86 bits per heavy atom. The van der Waals surface area contributed by atoms with Crippen LogP contribution in [0.3, 0.4) is 0 Å². The molecule has 4 bridgehead atoms. The Balaban J connectivity index is 1.33. The van der Waals surface area contributed by atoms with E-state index in [9.17, 15) is 4.79 Å². The summed E-state index contributed by atoms with van der Waals surface area (Å²) in [5.74, 6) is 2.96. The molecule has 0 saturated heterocycles. The van der Waals surface area contributed by atoms with Crippen molar-refractivity contribution < 1.29 is 4.79 Å². The molecule has 0 spiro atoms. The first kappa shape index (κ1) is 19.7. The molecule has 28 heavy (non-hydrogen) atoms. The number of unbranched alkanes of at least 4 members (excludes halogenated alkanes) is 2. The Bertz CT molecular complexity index is 609. The molecule has 1 aromatic rings. The van der Waals surface area contributed by atoms with E-state index in [0.717, 1.165) is 42.8 Å². The molecule has 154 valence electrons. The number of pyridine rings is 1. The first-order valence-corrected chi connectivity index (χ1v) is 11.6. The fourth-order valence-corrected chi connectivity index (χ4v) is 6.63. The maximum Gasteiger partial charge on any atom is 0.317 e. The summed E-state index contributed by atoms with van der Waals surface area (Å²) >= 11 is 0. The number of carbonyl (C=O) groups excluding carboxylic acids is 1. The topological polar surface area (TPSA) is 45.2 Å². The van der Waals surface area contributed by atoms with E-state index < -0.39 is 0 Å². The fourth-order valence-electron chi connectivity index (χ4n) is 6.63. The number of nitrogens with zero attached hydrogens (tertiary/aromatic N) is 2. The molecule has 4 saturated carbocycles. The Morgan fingerprint density at radius 3 is 2.46 bits per heavy atom. The standard InChI is InChI=1S/C24H37N3O/c1-2-3-4-9-27(23(28)26-18-19-6-5-8-25-17-19)10-7-24-14-20-11-21(15-24)13-22(12-20)16-24/h5-6,8,17,20-22H,2-4,7,9-16,18H2,1H3,(H,26,28). The number of hydrogen-bond acceptors (Lipinski definition) is 2. The van der Waals surface area contributed by atoms with Gasteiger partial charge in [0, 0.05) is 32.0 Å². The second-order valence-electron chi connectivity index (χ2n) is 9.88. The van der Waals surface area contributed by atoms with Crippen LogP contribution >= 0.6 is 0 Å². The summed E-state index contributed by atoms with van der Waals surface area (Å²) in [5, 5.41) is 3.13. The van der Waals surface area contributed by atoms with Crippen LogP contribution in [0.5, 0.6) is 0 Å². The van der Waals surface area contributed by atoms with Crippen molar-refractivity contribution in [1.29, 1.82) is 0 Å². The lowest BCUT2D eigenvalue weighted by Gasteiger charge is -2.57. The lowest BCUT2D eigenvalue weighted by Crippen LogP contribution is -2.48. The molecule has 5 rings (SSSR count). The van der Waals surface area contributed by atoms with Crippen LogP contribution in [0.1, 0.15) is 76.7 Å². The number of amides is 2. The van der Waals surface area contributed by atoms with Crippen LogP contribution in [0.15, 0.2) is 24.5 Å². The van der Waals surface area contributed by atoms with E-state index >= 15 is 0 Å². The van der Waals surface area contributed by atoms with E-state index in [1.165, 1.54) is 57.8 Å². The summed E-state index contributed by atoms with van der Waals surface area (Å²) < 4.78 is 0. The van der Waals surface area contributed by atoms with Crippen LogP contribution in [0.4, 0.5) is 4.79 Å². The summed E-state index contributed by atoms with van der Waals surface area (Å²) in [7, 11) is 0. The molecule has 4 heteroatoms. The minimum atomic E-state index is 0.102. The Labute approximate surface area is 170 Å². The van der Waals surface area contributed by atoms with Crippen LogP contribution in [-0.4, -0.2) is 29.0 Å². The van der Waals surface area contributed by atoms with Crippen LogP contribution in [0.25, 0.3) is 0 Å². The Hall–Kier alpha value is -1.58. The molecule has 1 N–H and O–H groups in total. The van der Waals surface area contributed by atoms with Crippen molar-refractivity contribution in [2.24, 2.45) is 23.2 Å². The molecule has 1 aromatic heterocycles. The minimum Gasteiger partial charge on any atom is -0.334 e. The molecule has 0 radical (unpaired) electrons. The molecule has 0 aromatic carbocycles. The minimum absolute atomic E-state index is 0.102. The molecule has 4 aliphatic rings. The lowest BCUT2D eigenvalue weighted by atomic mass is 9.49. The van der Waals surface area contributed by atoms with Crippen LogP contribution in [-0.2, 0) is 6.54 Å². The van der Waals surface area contributed by atoms with Crippen molar-refractivity contribution in [3.05, 3.63) is 30.1 Å². The molecule has 0 atom stereocenters. The first-order chi connectivity index (χ1) is 13.7. The smallest absolute Gasteiger partial charge is 0.317 e. The van der Waals surface area contributed by atoms with Crippen LogP contribution < -0.4 is 5.32 Å². The van der Waals surface area contributed by atoms with E-state index in [-0.39, 0.29) is 6.03 Å². The molecular weight excluding hydrogens is 346 g/mol. The summed E-state index contributed by atoms with van der Waals surface area (Å²) in [4.78, 5) is 19.2. The van der Waals surface area contributed by atoms with Gasteiger partial charge in [-0.15, -0.1) is 0 Å². The number of aromatic nitrogens is 1. The van der Waals surface area contributed by atoms with Crippen molar-refractivity contribution in [1.82, 2.24) is 15.2 Å². The molecule has 4 fully saturated rings. The molecule has 4 nitrogen and oxygen atoms in total. The quantitative estimate of drug-likeness (QED) is 0.581. The van der Waals surface area contributed by atoms with E-state index in [0.29, 0.717) is 12.0 Å². The molecule has 0 unspecified atom stereocenters. The predicted molar refractivity (Wildman–Crippen MR) is 113 cm³/mol. The van der Waals surface area contributed by atoms with Crippen LogP contribution in [0, 0.1) is 23.2 Å². The SMILES string of the molecule is CCCCCN(CCC12CC3CC(CC(C3)C1)C2)C(=O)NCc1cccnc1. The second kappa shape index (κ2) is 8.84. The number of carbonyl (C=O) groups is 1. The zero-order valence-electron chi connectivity index (χ0n) is 17.5. The number of nitrogens with one attached hydrogen (secondary N) is 1. The van der Waals surface area contributed by atoms with Crippen molar-refractivity contribution in [2.75, 3.05) is 13.1 Å². The van der Waals surface area contributed by atoms with Crippen molar-refractivity contribution in [3.63, 3.8) is 0 Å². The summed E-state index contributed by atoms with van der Waals surface area (Å²) in [6, 6.07) is 4.04. The highest BCUT2D eigenvalue weighted by Gasteiger charge is 2.50. The van der Waals surface area contributed by atoms with Gasteiger partial charge >= 0.3 is 6.03 Å². The first-order valence-electron chi connectivity index (χ1n) is 11.6. The highest BCUT2D eigenvalue weighted by molar-refractivity contribution is 5.74. The van der Waals surface area contributed by atoms with E-state index in [4.69, 9.17) is 0 Å². The Morgan fingerprint density at radius 1 is 1.14 bits per heavy atom. The van der Waals surface area contributed by atoms with Gasteiger partial charge in [-0.05, 0) is 86.2 Å².